The number of carbonyl (C=O) groups excluding carboxylic acids is 2. The fourth-order valence-electron chi connectivity index (χ4n) is 2.50. The number of thiocarbonyl (C=S) groups is 1. The van der Waals surface area contributed by atoms with E-state index in [1.807, 2.05) is 24.3 Å². The predicted octanol–water partition coefficient (Wildman–Crippen LogP) is 4.44. The van der Waals surface area contributed by atoms with Crippen LogP contribution < -0.4 is 20.7 Å². The van der Waals surface area contributed by atoms with Gasteiger partial charge in [0.2, 0.25) is 0 Å². The Morgan fingerprint density at radius 2 is 1.57 bits per heavy atom. The first-order valence-electron chi connectivity index (χ1n) is 8.95. The summed E-state index contributed by atoms with van der Waals surface area (Å²) in [6.45, 7) is -0.105. The molecule has 3 aromatic rings. The minimum Gasteiger partial charge on any atom is -0.484 e. The van der Waals surface area contributed by atoms with Crippen LogP contribution in [0.2, 0.25) is 0 Å². The van der Waals surface area contributed by atoms with Crippen molar-refractivity contribution in [3.8, 4) is 5.75 Å². The van der Waals surface area contributed by atoms with Crippen LogP contribution in [0.4, 0.5) is 11.4 Å². The van der Waals surface area contributed by atoms with Crippen molar-refractivity contribution in [1.82, 2.24) is 5.32 Å². The van der Waals surface area contributed by atoms with Crippen LogP contribution in [0.25, 0.3) is 0 Å². The van der Waals surface area contributed by atoms with Gasteiger partial charge in [-0.3, -0.25) is 14.9 Å². The number of anilines is 2. The summed E-state index contributed by atoms with van der Waals surface area (Å²) < 4.78 is 6.39. The Balaban J connectivity index is 1.52. The molecule has 3 aromatic carbocycles. The van der Waals surface area contributed by atoms with Gasteiger partial charge in [-0.15, -0.1) is 0 Å². The summed E-state index contributed by atoms with van der Waals surface area (Å²) in [6, 6.07) is 23.3. The van der Waals surface area contributed by atoms with E-state index in [9.17, 15) is 9.59 Å². The molecule has 8 heteroatoms. The molecular formula is C22H18IN3O3S. The molecule has 0 radical (unpaired) electrons. The van der Waals surface area contributed by atoms with Crippen LogP contribution in [0, 0.1) is 3.57 Å². The maximum Gasteiger partial charge on any atom is 0.262 e. The van der Waals surface area contributed by atoms with Gasteiger partial charge in [0.1, 0.15) is 5.75 Å². The van der Waals surface area contributed by atoms with E-state index in [0.29, 0.717) is 22.7 Å². The van der Waals surface area contributed by atoms with E-state index < -0.39 is 0 Å². The van der Waals surface area contributed by atoms with Crippen molar-refractivity contribution in [2.24, 2.45) is 0 Å². The van der Waals surface area contributed by atoms with Gasteiger partial charge >= 0.3 is 0 Å². The van der Waals surface area contributed by atoms with Gasteiger partial charge in [-0.2, -0.15) is 0 Å². The highest BCUT2D eigenvalue weighted by Crippen LogP contribution is 2.16. The van der Waals surface area contributed by atoms with Crippen molar-refractivity contribution >= 4 is 63.1 Å². The molecule has 3 rings (SSSR count). The highest BCUT2D eigenvalue weighted by molar-refractivity contribution is 14.1. The van der Waals surface area contributed by atoms with Crippen molar-refractivity contribution in [3.05, 3.63) is 88.0 Å². The Bertz CT molecular complexity index is 1060. The van der Waals surface area contributed by atoms with Gasteiger partial charge < -0.3 is 15.4 Å². The van der Waals surface area contributed by atoms with Crippen molar-refractivity contribution in [3.63, 3.8) is 0 Å². The molecule has 30 heavy (non-hydrogen) atoms. The lowest BCUT2D eigenvalue weighted by atomic mass is 10.2. The Labute approximate surface area is 193 Å². The smallest absolute Gasteiger partial charge is 0.262 e. The van der Waals surface area contributed by atoms with E-state index in [1.54, 1.807) is 54.6 Å². The van der Waals surface area contributed by atoms with Crippen LogP contribution in [-0.2, 0) is 4.79 Å². The number of carbonyl (C=O) groups is 2. The minimum atomic E-state index is -0.298. The number of rotatable bonds is 6. The molecular weight excluding hydrogens is 513 g/mol. The second-order valence-corrected chi connectivity index (χ2v) is 7.80. The average Bonchev–Trinajstić information content (AvgIpc) is 2.73. The fraction of sp³-hybridized carbons (Fsp3) is 0.0455. The van der Waals surface area contributed by atoms with Crippen molar-refractivity contribution in [2.75, 3.05) is 17.2 Å². The molecule has 0 aliphatic heterocycles. The molecule has 0 fully saturated rings. The minimum absolute atomic E-state index is 0.105. The summed E-state index contributed by atoms with van der Waals surface area (Å²) in [7, 11) is 0. The lowest BCUT2D eigenvalue weighted by Crippen LogP contribution is -2.34. The Hall–Kier alpha value is -2.98. The first-order chi connectivity index (χ1) is 14.5. The van der Waals surface area contributed by atoms with Gasteiger partial charge in [-0.05, 0) is 83.3 Å². The predicted molar refractivity (Wildman–Crippen MR) is 130 cm³/mol. The molecule has 2 amide bonds. The first-order valence-corrected chi connectivity index (χ1v) is 10.4. The summed E-state index contributed by atoms with van der Waals surface area (Å²) in [4.78, 5) is 24.4. The van der Waals surface area contributed by atoms with Crippen LogP contribution in [0.5, 0.6) is 5.75 Å². The number of halogens is 1. The zero-order chi connectivity index (χ0) is 21.3. The highest BCUT2D eigenvalue weighted by Gasteiger charge is 2.09. The largest absolute Gasteiger partial charge is 0.484 e. The van der Waals surface area contributed by atoms with E-state index in [4.69, 9.17) is 17.0 Å². The lowest BCUT2D eigenvalue weighted by molar-refractivity contribution is -0.118. The fourth-order valence-corrected chi connectivity index (χ4v) is 3.26. The number of para-hydroxylation sites is 1. The van der Waals surface area contributed by atoms with Gasteiger partial charge in [0.25, 0.3) is 11.8 Å². The molecule has 0 aliphatic rings. The standard InChI is InChI=1S/C22H18IN3O3S/c23-16-7-4-6-15(12-16)21(28)26-22(30)25-18-9-5-8-17(13-18)24-20(27)14-29-19-10-2-1-3-11-19/h1-13H,14H2,(H,24,27)(H2,25,26,28,30). The van der Waals surface area contributed by atoms with E-state index in [0.717, 1.165) is 3.57 Å². The monoisotopic (exact) mass is 531 g/mol. The third kappa shape index (κ3) is 6.82. The lowest BCUT2D eigenvalue weighted by Gasteiger charge is -2.12. The molecule has 3 N–H and O–H groups in total. The number of hydrogen-bond acceptors (Lipinski definition) is 4. The maximum absolute atomic E-state index is 12.3. The zero-order valence-electron chi connectivity index (χ0n) is 15.7. The molecule has 0 bridgehead atoms. The number of amides is 2. The summed E-state index contributed by atoms with van der Waals surface area (Å²) in [5.41, 5.74) is 1.73. The molecule has 0 atom stereocenters. The highest BCUT2D eigenvalue weighted by atomic mass is 127. The van der Waals surface area contributed by atoms with Gasteiger partial charge in [0, 0.05) is 20.5 Å². The van der Waals surface area contributed by atoms with Gasteiger partial charge in [0.15, 0.2) is 11.7 Å². The Morgan fingerprint density at radius 1 is 0.867 bits per heavy atom. The van der Waals surface area contributed by atoms with Crippen molar-refractivity contribution in [1.29, 1.82) is 0 Å². The topological polar surface area (TPSA) is 79.5 Å². The van der Waals surface area contributed by atoms with E-state index in [-0.39, 0.29) is 23.5 Å². The number of ether oxygens (including phenoxy) is 1. The van der Waals surface area contributed by atoms with Crippen LogP contribution >= 0.6 is 34.8 Å². The number of benzene rings is 3. The van der Waals surface area contributed by atoms with Crippen LogP contribution in [0.1, 0.15) is 10.4 Å². The molecule has 6 nitrogen and oxygen atoms in total. The number of hydrogen-bond donors (Lipinski definition) is 3. The summed E-state index contributed by atoms with van der Waals surface area (Å²) >= 11 is 7.36. The van der Waals surface area contributed by atoms with Gasteiger partial charge in [-0.1, -0.05) is 30.3 Å². The molecule has 0 unspecified atom stereocenters. The molecule has 0 heterocycles. The average molecular weight is 531 g/mol. The molecule has 0 spiro atoms. The summed E-state index contributed by atoms with van der Waals surface area (Å²) in [5.74, 6) is 0.0383. The number of nitrogens with one attached hydrogen (secondary N) is 3. The van der Waals surface area contributed by atoms with Crippen molar-refractivity contribution in [2.45, 2.75) is 0 Å². The Morgan fingerprint density at radius 3 is 2.30 bits per heavy atom. The quantitative estimate of drug-likeness (QED) is 0.324. The van der Waals surface area contributed by atoms with Crippen molar-refractivity contribution < 1.29 is 14.3 Å². The van der Waals surface area contributed by atoms with E-state index in [1.165, 1.54) is 0 Å². The van der Waals surface area contributed by atoms with Crippen LogP contribution in [0.15, 0.2) is 78.9 Å². The second kappa shape index (κ2) is 10.7. The molecule has 0 aliphatic carbocycles. The van der Waals surface area contributed by atoms with Crippen LogP contribution in [0.3, 0.4) is 0 Å². The summed E-state index contributed by atoms with van der Waals surface area (Å²) in [6.07, 6.45) is 0. The van der Waals surface area contributed by atoms with Gasteiger partial charge in [0.05, 0.1) is 0 Å². The summed E-state index contributed by atoms with van der Waals surface area (Å²) in [5, 5.41) is 8.51. The maximum atomic E-state index is 12.3. The van der Waals surface area contributed by atoms with Gasteiger partial charge in [-0.25, -0.2) is 0 Å². The third-order valence-electron chi connectivity index (χ3n) is 3.83. The zero-order valence-corrected chi connectivity index (χ0v) is 18.7. The van der Waals surface area contributed by atoms with E-state index >= 15 is 0 Å². The van der Waals surface area contributed by atoms with Crippen LogP contribution in [-0.4, -0.2) is 23.5 Å². The van der Waals surface area contributed by atoms with E-state index in [2.05, 4.69) is 38.5 Å². The molecule has 152 valence electrons. The molecule has 0 saturated carbocycles. The Kier molecular flexibility index (Phi) is 7.75. The second-order valence-electron chi connectivity index (χ2n) is 6.15. The molecule has 0 saturated heterocycles. The molecule has 0 aromatic heterocycles. The third-order valence-corrected chi connectivity index (χ3v) is 4.71. The SMILES string of the molecule is O=C(COc1ccccc1)Nc1cccc(NC(=S)NC(=O)c2cccc(I)c2)c1. The normalized spacial score (nSPS) is 10.0. The first kappa shape index (κ1) is 21.7.